The quantitative estimate of drug-likeness (QED) is 0.117. The molecule has 11 N–H and O–H groups in total. The Morgan fingerprint density at radius 2 is 1.65 bits per heavy atom. The number of phenols is 1. The summed E-state index contributed by atoms with van der Waals surface area (Å²) in [6.07, 6.45) is 2.02. The molecule has 2 aromatic rings. The molecule has 13 heteroatoms. The number of carbonyl (C=O) groups excluding carboxylic acids is 2. The van der Waals surface area contributed by atoms with Gasteiger partial charge in [0.2, 0.25) is 11.8 Å². The van der Waals surface area contributed by atoms with Crippen LogP contribution in [0.4, 0.5) is 0 Å². The number of carbonyl (C=O) groups is 2. The van der Waals surface area contributed by atoms with Gasteiger partial charge in [-0.2, -0.15) is 0 Å². The van der Waals surface area contributed by atoms with Gasteiger partial charge >= 0.3 is 0 Å². The molecule has 0 radical (unpaired) electrons. The number of aromatic hydroxyl groups is 1. The first-order chi connectivity index (χ1) is 18.8. The summed E-state index contributed by atoms with van der Waals surface area (Å²) in [7, 11) is -1.27. The monoisotopic (exact) mass is 572 g/mol. The Bertz CT molecular complexity index is 1230. The van der Waals surface area contributed by atoms with Gasteiger partial charge in [-0.1, -0.05) is 30.3 Å². The van der Waals surface area contributed by atoms with E-state index in [-0.39, 0.29) is 36.8 Å². The van der Waals surface area contributed by atoms with E-state index < -0.39 is 46.7 Å². The summed E-state index contributed by atoms with van der Waals surface area (Å²) in [4.78, 5) is 31.7. The van der Waals surface area contributed by atoms with Crippen molar-refractivity contribution in [1.82, 2.24) is 10.2 Å². The van der Waals surface area contributed by atoms with E-state index in [0.717, 1.165) is 11.1 Å². The Labute approximate surface area is 237 Å². The third-order valence-electron chi connectivity index (χ3n) is 6.50. The molecular weight excluding hydrogens is 532 g/mol. The minimum absolute atomic E-state index is 0.0382. The molecule has 2 rings (SSSR count). The maximum atomic E-state index is 13.6. The second-order valence-corrected chi connectivity index (χ2v) is 11.3. The highest BCUT2D eigenvalue weighted by atomic mass is 32.2. The van der Waals surface area contributed by atoms with Gasteiger partial charge in [0.25, 0.3) is 0 Å². The molecule has 2 aromatic carbocycles. The molecule has 4 atom stereocenters. The molecule has 1 unspecified atom stereocenters. The number of hydrogen-bond acceptors (Lipinski definition) is 6. The van der Waals surface area contributed by atoms with Crippen LogP contribution in [0.25, 0.3) is 0 Å². The highest BCUT2D eigenvalue weighted by Crippen LogP contribution is 2.24. The molecule has 0 heterocycles. The third-order valence-corrected chi connectivity index (χ3v) is 7.31. The lowest BCUT2D eigenvalue weighted by molar-refractivity contribution is -0.128. The van der Waals surface area contributed by atoms with Gasteiger partial charge in [0.1, 0.15) is 17.8 Å². The number of aliphatic imine (C=N–C) groups is 1. The maximum Gasteiger partial charge on any atom is 0.242 e. The summed E-state index contributed by atoms with van der Waals surface area (Å²) in [5.74, 6) is -1.82. The molecule has 0 spiro atoms. The van der Waals surface area contributed by atoms with Crippen molar-refractivity contribution in [2.75, 3.05) is 18.6 Å². The fourth-order valence-corrected chi connectivity index (χ4v) is 5.20. The summed E-state index contributed by atoms with van der Waals surface area (Å²) in [5, 5.41) is 21.0. The first-order valence-electron chi connectivity index (χ1n) is 12.7. The standard InChI is InChI=1S/C27H40N8O4S/c1-16-11-20(36)12-17(2)21(16)14-23(24(28)37)35(27(31)32)22(9-10-40(3)39)25(38)33-15-19(34-26(29)30)13-18-7-5-4-6-8-18/h4-8,11-12,19,22-23,36H,9-10,13-15H2,1-3H3,(H2,28,37)(H3,31,32)(H,33,38)(H4,29,30,34)/t19-,22+,23-,40?/m0/s1. The van der Waals surface area contributed by atoms with Gasteiger partial charge in [-0.05, 0) is 61.1 Å². The van der Waals surface area contributed by atoms with E-state index in [1.54, 1.807) is 26.0 Å². The van der Waals surface area contributed by atoms with Gasteiger partial charge in [-0.25, -0.2) is 4.99 Å². The molecule has 218 valence electrons. The molecule has 0 saturated carbocycles. The molecule has 40 heavy (non-hydrogen) atoms. The van der Waals surface area contributed by atoms with Crippen LogP contribution in [0, 0.1) is 19.3 Å². The van der Waals surface area contributed by atoms with Crippen molar-refractivity contribution in [3.8, 4) is 5.75 Å². The van der Waals surface area contributed by atoms with E-state index in [0.29, 0.717) is 17.5 Å². The average molecular weight is 573 g/mol. The van der Waals surface area contributed by atoms with Gasteiger partial charge in [0, 0.05) is 35.8 Å². The minimum atomic E-state index is -1.27. The largest absolute Gasteiger partial charge is 0.508 e. The van der Waals surface area contributed by atoms with E-state index in [2.05, 4.69) is 10.3 Å². The summed E-state index contributed by atoms with van der Waals surface area (Å²) in [6, 6.07) is 9.80. The summed E-state index contributed by atoms with van der Waals surface area (Å²) >= 11 is 0. The van der Waals surface area contributed by atoms with Crippen LogP contribution in [0.15, 0.2) is 47.5 Å². The van der Waals surface area contributed by atoms with Crippen LogP contribution in [-0.4, -0.2) is 74.6 Å². The zero-order valence-electron chi connectivity index (χ0n) is 23.1. The molecule has 0 saturated heterocycles. The summed E-state index contributed by atoms with van der Waals surface area (Å²) in [6.45, 7) is 3.61. The van der Waals surface area contributed by atoms with Crippen LogP contribution in [0.2, 0.25) is 0 Å². The van der Waals surface area contributed by atoms with Crippen LogP contribution in [0.3, 0.4) is 0 Å². The predicted molar refractivity (Wildman–Crippen MR) is 158 cm³/mol. The number of hydrogen-bond donors (Lipinski definition) is 7. The molecule has 12 nitrogen and oxygen atoms in total. The Kier molecular flexibility index (Phi) is 11.9. The third kappa shape index (κ3) is 9.56. The van der Waals surface area contributed by atoms with E-state index in [9.17, 15) is 18.9 Å². The van der Waals surface area contributed by atoms with Crippen molar-refractivity contribution in [3.05, 3.63) is 64.7 Å². The fraction of sp³-hybridized carbons (Fsp3) is 0.407. The summed E-state index contributed by atoms with van der Waals surface area (Å²) < 4.78 is 12.0. The van der Waals surface area contributed by atoms with Crippen LogP contribution >= 0.6 is 0 Å². The van der Waals surface area contributed by atoms with Crippen molar-refractivity contribution in [2.24, 2.45) is 27.9 Å². The van der Waals surface area contributed by atoms with Crippen LogP contribution in [-0.2, 0) is 33.2 Å². The summed E-state index contributed by atoms with van der Waals surface area (Å²) in [5.41, 5.74) is 26.1. The lowest BCUT2D eigenvalue weighted by Crippen LogP contribution is -2.60. The lowest BCUT2D eigenvalue weighted by Gasteiger charge is -2.37. The Morgan fingerprint density at radius 1 is 1.05 bits per heavy atom. The topological polar surface area (TPSA) is 227 Å². The highest BCUT2D eigenvalue weighted by Gasteiger charge is 2.36. The number of nitrogens with two attached hydrogens (primary N) is 4. The molecule has 0 aliphatic carbocycles. The Morgan fingerprint density at radius 3 is 2.15 bits per heavy atom. The number of benzene rings is 2. The zero-order valence-corrected chi connectivity index (χ0v) is 23.9. The first kappa shape index (κ1) is 32.1. The predicted octanol–water partition coefficient (Wildman–Crippen LogP) is -0.261. The number of guanidine groups is 2. The zero-order chi connectivity index (χ0) is 30.0. The second-order valence-electron chi connectivity index (χ2n) is 9.70. The minimum Gasteiger partial charge on any atom is -0.508 e. The SMILES string of the molecule is Cc1cc(O)cc(C)c1C[C@@H](C(N)=O)N(C(=N)N)[C@H](CCS(C)=O)C(=O)NC[C@H](Cc1ccccc1)N=C(N)N. The van der Waals surface area contributed by atoms with E-state index >= 15 is 0 Å². The van der Waals surface area contributed by atoms with Gasteiger partial charge in [-0.15, -0.1) is 0 Å². The number of rotatable bonds is 14. The molecule has 0 fully saturated rings. The van der Waals surface area contributed by atoms with Gasteiger partial charge in [0.15, 0.2) is 11.9 Å². The average Bonchev–Trinajstić information content (AvgIpc) is 2.85. The van der Waals surface area contributed by atoms with E-state index in [1.807, 2.05) is 30.3 Å². The molecule has 0 aliphatic rings. The van der Waals surface area contributed by atoms with Crippen LogP contribution in [0.5, 0.6) is 5.75 Å². The van der Waals surface area contributed by atoms with Crippen LogP contribution < -0.4 is 28.3 Å². The Hall–Kier alpha value is -4.13. The van der Waals surface area contributed by atoms with Crippen molar-refractivity contribution in [3.63, 3.8) is 0 Å². The number of nitrogens with zero attached hydrogens (tertiary/aromatic N) is 2. The smallest absolute Gasteiger partial charge is 0.242 e. The molecular formula is C27H40N8O4S. The molecule has 0 bridgehead atoms. The van der Waals surface area contributed by atoms with Crippen LogP contribution in [0.1, 0.15) is 28.7 Å². The number of aryl methyl sites for hydroxylation is 2. The molecule has 2 amide bonds. The molecule has 0 aromatic heterocycles. The molecule has 0 aliphatic heterocycles. The second kappa shape index (κ2) is 14.9. The first-order valence-corrected chi connectivity index (χ1v) is 14.4. The van der Waals surface area contributed by atoms with Crippen molar-refractivity contribution in [1.29, 1.82) is 5.41 Å². The number of nitrogens with one attached hydrogen (secondary N) is 2. The van der Waals surface area contributed by atoms with Gasteiger partial charge in [-0.3, -0.25) is 19.2 Å². The van der Waals surface area contributed by atoms with Gasteiger partial charge < -0.3 is 38.3 Å². The maximum absolute atomic E-state index is 13.6. The fourth-order valence-electron chi connectivity index (χ4n) is 4.65. The number of primary amides is 1. The highest BCUT2D eigenvalue weighted by molar-refractivity contribution is 7.84. The lowest BCUT2D eigenvalue weighted by atomic mass is 9.94. The Balaban J connectivity index is 2.39. The van der Waals surface area contributed by atoms with E-state index in [4.69, 9.17) is 28.3 Å². The normalized spacial score (nSPS) is 13.9. The number of amides is 2. The van der Waals surface area contributed by atoms with Crippen molar-refractivity contribution >= 4 is 34.5 Å². The van der Waals surface area contributed by atoms with Gasteiger partial charge in [0.05, 0.1) is 6.04 Å². The van der Waals surface area contributed by atoms with Crippen molar-refractivity contribution < 1.29 is 18.9 Å². The van der Waals surface area contributed by atoms with Crippen molar-refractivity contribution in [2.45, 2.75) is 51.2 Å². The van der Waals surface area contributed by atoms with E-state index in [1.165, 1.54) is 11.2 Å². The number of phenolic OH excluding ortho intramolecular Hbond substituents is 1.